The van der Waals surface area contributed by atoms with Crippen LogP contribution in [0, 0.1) is 5.41 Å². The molecule has 1 aliphatic rings. The molecule has 0 spiro atoms. The minimum atomic E-state index is 0.256. The maximum Gasteiger partial charge on any atom is 0.0487 e. The second-order valence-electron chi connectivity index (χ2n) is 4.05. The van der Waals surface area contributed by atoms with Gasteiger partial charge in [-0.3, -0.25) is 0 Å². The van der Waals surface area contributed by atoms with Crippen molar-refractivity contribution in [2.45, 2.75) is 44.9 Å². The van der Waals surface area contributed by atoms with E-state index in [-0.39, 0.29) is 5.41 Å². The summed E-state index contributed by atoms with van der Waals surface area (Å²) in [5.74, 6) is 0. The zero-order valence-corrected chi connectivity index (χ0v) is 7.89. The highest BCUT2D eigenvalue weighted by Gasteiger charge is 2.29. The van der Waals surface area contributed by atoms with Crippen LogP contribution in [0.15, 0.2) is 12.7 Å². The fraction of sp³-hybridized carbons (Fsp3) is 0.818. The number of hydrogen-bond acceptors (Lipinski definition) is 1. The van der Waals surface area contributed by atoms with Crippen molar-refractivity contribution in [3.8, 4) is 0 Å². The molecule has 1 rings (SSSR count). The van der Waals surface area contributed by atoms with Crippen LogP contribution >= 0.6 is 0 Å². The molecule has 0 atom stereocenters. The minimum Gasteiger partial charge on any atom is -0.396 e. The monoisotopic (exact) mass is 168 g/mol. The third-order valence-corrected chi connectivity index (χ3v) is 3.13. The molecule has 1 fully saturated rings. The molecule has 0 saturated heterocycles. The molecule has 0 aliphatic heterocycles. The van der Waals surface area contributed by atoms with Crippen molar-refractivity contribution in [1.29, 1.82) is 0 Å². The lowest BCUT2D eigenvalue weighted by molar-refractivity contribution is 0.0744. The van der Waals surface area contributed by atoms with Crippen LogP contribution < -0.4 is 0 Å². The van der Waals surface area contributed by atoms with Crippen LogP contribution in [0.1, 0.15) is 44.9 Å². The van der Waals surface area contributed by atoms with Crippen LogP contribution in [0.3, 0.4) is 0 Å². The highest BCUT2D eigenvalue weighted by molar-refractivity contribution is 4.84. The van der Waals surface area contributed by atoms with Gasteiger partial charge < -0.3 is 5.11 Å². The van der Waals surface area contributed by atoms with Crippen molar-refractivity contribution in [2.75, 3.05) is 6.61 Å². The van der Waals surface area contributed by atoms with Gasteiger partial charge in [-0.2, -0.15) is 0 Å². The summed E-state index contributed by atoms with van der Waals surface area (Å²) in [5, 5.41) is 9.33. The lowest BCUT2D eigenvalue weighted by Crippen LogP contribution is -2.27. The summed E-state index contributed by atoms with van der Waals surface area (Å²) in [5.41, 5.74) is 0.256. The van der Waals surface area contributed by atoms with Gasteiger partial charge in [-0.15, -0.1) is 6.58 Å². The SMILES string of the molecule is C=CCCC1(CO)CCCCC1. The van der Waals surface area contributed by atoms with Crippen LogP contribution in [-0.4, -0.2) is 11.7 Å². The number of allylic oxidation sites excluding steroid dienone is 1. The van der Waals surface area contributed by atoms with Crippen LogP contribution in [0.4, 0.5) is 0 Å². The van der Waals surface area contributed by atoms with E-state index < -0.39 is 0 Å². The topological polar surface area (TPSA) is 20.2 Å². The van der Waals surface area contributed by atoms with Gasteiger partial charge in [-0.05, 0) is 31.1 Å². The summed E-state index contributed by atoms with van der Waals surface area (Å²) in [6.07, 6.45) is 10.6. The molecule has 0 unspecified atom stereocenters. The summed E-state index contributed by atoms with van der Waals surface area (Å²) < 4.78 is 0. The summed E-state index contributed by atoms with van der Waals surface area (Å²) in [7, 11) is 0. The predicted molar refractivity (Wildman–Crippen MR) is 52.0 cm³/mol. The third-order valence-electron chi connectivity index (χ3n) is 3.13. The van der Waals surface area contributed by atoms with Gasteiger partial charge in [0.05, 0.1) is 0 Å². The van der Waals surface area contributed by atoms with E-state index in [9.17, 15) is 5.11 Å². The second-order valence-corrected chi connectivity index (χ2v) is 4.05. The average molecular weight is 168 g/mol. The van der Waals surface area contributed by atoms with E-state index >= 15 is 0 Å². The molecule has 0 radical (unpaired) electrons. The van der Waals surface area contributed by atoms with Gasteiger partial charge in [0, 0.05) is 6.61 Å². The predicted octanol–water partition coefficient (Wildman–Crippen LogP) is 2.90. The summed E-state index contributed by atoms with van der Waals surface area (Å²) in [6, 6.07) is 0. The first-order valence-corrected chi connectivity index (χ1v) is 5.05. The van der Waals surface area contributed by atoms with Crippen molar-refractivity contribution in [3.05, 3.63) is 12.7 Å². The number of rotatable bonds is 4. The Kier molecular flexibility index (Phi) is 3.80. The van der Waals surface area contributed by atoms with Gasteiger partial charge in [0.25, 0.3) is 0 Å². The Morgan fingerprint density at radius 2 is 1.92 bits per heavy atom. The third kappa shape index (κ3) is 2.34. The van der Waals surface area contributed by atoms with E-state index in [0.717, 1.165) is 12.8 Å². The van der Waals surface area contributed by atoms with Gasteiger partial charge in [0.2, 0.25) is 0 Å². The molecule has 0 aromatic carbocycles. The first kappa shape index (κ1) is 9.79. The molecular formula is C11H20O. The maximum atomic E-state index is 9.33. The van der Waals surface area contributed by atoms with Crippen LogP contribution in [0.2, 0.25) is 0 Å². The molecule has 1 nitrogen and oxygen atoms in total. The molecule has 0 aromatic rings. The zero-order chi connectivity index (χ0) is 8.86. The number of hydrogen-bond donors (Lipinski definition) is 1. The van der Waals surface area contributed by atoms with Gasteiger partial charge in [-0.1, -0.05) is 25.3 Å². The van der Waals surface area contributed by atoms with Gasteiger partial charge >= 0.3 is 0 Å². The largest absolute Gasteiger partial charge is 0.396 e. The molecule has 0 amide bonds. The molecule has 1 N–H and O–H groups in total. The van der Waals surface area contributed by atoms with E-state index in [2.05, 4.69) is 6.58 Å². The van der Waals surface area contributed by atoms with Crippen molar-refractivity contribution < 1.29 is 5.11 Å². The molecule has 0 heterocycles. The average Bonchev–Trinajstić information content (AvgIpc) is 2.16. The molecule has 1 heteroatoms. The second kappa shape index (κ2) is 4.66. The summed E-state index contributed by atoms with van der Waals surface area (Å²) in [4.78, 5) is 0. The molecular weight excluding hydrogens is 148 g/mol. The Hall–Kier alpha value is -0.300. The Balaban J connectivity index is 2.41. The van der Waals surface area contributed by atoms with Gasteiger partial charge in [0.1, 0.15) is 0 Å². The molecule has 0 bridgehead atoms. The fourth-order valence-corrected chi connectivity index (χ4v) is 2.20. The smallest absolute Gasteiger partial charge is 0.0487 e. The van der Waals surface area contributed by atoms with Crippen molar-refractivity contribution in [2.24, 2.45) is 5.41 Å². The highest BCUT2D eigenvalue weighted by Crippen LogP contribution is 2.39. The van der Waals surface area contributed by atoms with Crippen molar-refractivity contribution in [3.63, 3.8) is 0 Å². The number of aliphatic hydroxyl groups is 1. The van der Waals surface area contributed by atoms with Crippen LogP contribution in [0.25, 0.3) is 0 Å². The van der Waals surface area contributed by atoms with Crippen LogP contribution in [-0.2, 0) is 0 Å². The minimum absolute atomic E-state index is 0.256. The Labute approximate surface area is 75.5 Å². The van der Waals surface area contributed by atoms with Gasteiger partial charge in [-0.25, -0.2) is 0 Å². The normalized spacial score (nSPS) is 22.1. The molecule has 70 valence electrons. The van der Waals surface area contributed by atoms with E-state index in [1.807, 2.05) is 6.08 Å². The van der Waals surface area contributed by atoms with E-state index in [1.54, 1.807) is 0 Å². The van der Waals surface area contributed by atoms with E-state index in [4.69, 9.17) is 0 Å². The Morgan fingerprint density at radius 3 is 2.42 bits per heavy atom. The molecule has 12 heavy (non-hydrogen) atoms. The van der Waals surface area contributed by atoms with E-state index in [1.165, 1.54) is 32.1 Å². The Bertz CT molecular complexity index is 134. The zero-order valence-electron chi connectivity index (χ0n) is 7.89. The maximum absolute atomic E-state index is 9.33. The van der Waals surface area contributed by atoms with E-state index in [0.29, 0.717) is 6.61 Å². The fourth-order valence-electron chi connectivity index (χ4n) is 2.20. The quantitative estimate of drug-likeness (QED) is 0.640. The van der Waals surface area contributed by atoms with Crippen LogP contribution in [0.5, 0.6) is 0 Å². The molecule has 1 aliphatic carbocycles. The number of aliphatic hydroxyl groups excluding tert-OH is 1. The molecule has 0 aromatic heterocycles. The lowest BCUT2D eigenvalue weighted by atomic mass is 9.72. The molecule has 1 saturated carbocycles. The van der Waals surface area contributed by atoms with Crippen molar-refractivity contribution in [1.82, 2.24) is 0 Å². The van der Waals surface area contributed by atoms with Crippen molar-refractivity contribution >= 4 is 0 Å². The Morgan fingerprint density at radius 1 is 1.25 bits per heavy atom. The summed E-state index contributed by atoms with van der Waals surface area (Å²) in [6.45, 7) is 4.10. The first-order valence-electron chi connectivity index (χ1n) is 5.05. The first-order chi connectivity index (χ1) is 5.83. The lowest BCUT2D eigenvalue weighted by Gasteiger charge is -2.35. The standard InChI is InChI=1S/C11H20O/c1-2-3-7-11(10-12)8-5-4-6-9-11/h2,12H,1,3-10H2. The summed E-state index contributed by atoms with van der Waals surface area (Å²) >= 11 is 0. The van der Waals surface area contributed by atoms with Gasteiger partial charge in [0.15, 0.2) is 0 Å². The highest BCUT2D eigenvalue weighted by atomic mass is 16.3.